The Bertz CT molecular complexity index is 929. The van der Waals surface area contributed by atoms with Gasteiger partial charge in [0.25, 0.3) is 5.78 Å². The third-order valence-corrected chi connectivity index (χ3v) is 4.95. The van der Waals surface area contributed by atoms with Gasteiger partial charge in [-0.25, -0.2) is 0 Å². The van der Waals surface area contributed by atoms with Gasteiger partial charge in [0.2, 0.25) is 0 Å². The average Bonchev–Trinajstić information content (AvgIpc) is 2.58. The van der Waals surface area contributed by atoms with Gasteiger partial charge < -0.3 is 0 Å². The molecular weight excluding hydrogens is 371 g/mol. The molecule has 0 aliphatic carbocycles. The first-order valence-electron chi connectivity index (χ1n) is 7.23. The summed E-state index contributed by atoms with van der Waals surface area (Å²) in [6.45, 7) is 0. The van der Waals surface area contributed by atoms with Crippen LogP contribution >= 0.6 is 23.4 Å². The van der Waals surface area contributed by atoms with E-state index in [0.29, 0.717) is 21.7 Å². The minimum Gasteiger partial charge on any atom is -0.284 e. The van der Waals surface area contributed by atoms with Crippen molar-refractivity contribution >= 4 is 40.0 Å². The fourth-order valence-electron chi connectivity index (χ4n) is 2.34. The van der Waals surface area contributed by atoms with Crippen LogP contribution in [-0.4, -0.2) is 16.9 Å². The molecule has 0 fully saturated rings. The van der Waals surface area contributed by atoms with Crippen molar-refractivity contribution in [1.29, 1.82) is 0 Å². The highest BCUT2D eigenvalue weighted by Gasteiger charge is 2.41. The first-order valence-corrected chi connectivity index (χ1v) is 8.59. The SMILES string of the molecule is O=C(c1cnc2cc(Cl)ccc2c1SCc1ccccc1)C(F)(F)F. The van der Waals surface area contributed by atoms with Crippen LogP contribution in [-0.2, 0) is 5.75 Å². The van der Waals surface area contributed by atoms with E-state index in [-0.39, 0.29) is 4.90 Å². The number of Topliss-reactive ketones (excluding diaryl/α,β-unsaturated/α-hetero) is 1. The van der Waals surface area contributed by atoms with Crippen molar-refractivity contribution in [1.82, 2.24) is 4.98 Å². The van der Waals surface area contributed by atoms with E-state index in [9.17, 15) is 18.0 Å². The highest BCUT2D eigenvalue weighted by Crippen LogP contribution is 2.36. The number of halogens is 4. The Balaban J connectivity index is 2.09. The van der Waals surface area contributed by atoms with Gasteiger partial charge in [0.05, 0.1) is 11.1 Å². The van der Waals surface area contributed by atoms with Gasteiger partial charge >= 0.3 is 6.18 Å². The Hall–Kier alpha value is -2.05. The van der Waals surface area contributed by atoms with Crippen molar-refractivity contribution in [3.8, 4) is 0 Å². The lowest BCUT2D eigenvalue weighted by molar-refractivity contribution is -0.0887. The predicted molar refractivity (Wildman–Crippen MR) is 93.1 cm³/mol. The van der Waals surface area contributed by atoms with Crippen molar-refractivity contribution in [3.63, 3.8) is 0 Å². The molecule has 0 bridgehead atoms. The zero-order valence-electron chi connectivity index (χ0n) is 12.7. The number of alkyl halides is 3. The molecule has 2 nitrogen and oxygen atoms in total. The lowest BCUT2D eigenvalue weighted by Gasteiger charge is -2.13. The highest BCUT2D eigenvalue weighted by molar-refractivity contribution is 7.98. The molecule has 0 atom stereocenters. The number of thioether (sulfide) groups is 1. The number of pyridine rings is 1. The third-order valence-electron chi connectivity index (χ3n) is 3.51. The van der Waals surface area contributed by atoms with Crippen LogP contribution in [0.5, 0.6) is 0 Å². The summed E-state index contributed by atoms with van der Waals surface area (Å²) in [7, 11) is 0. The van der Waals surface area contributed by atoms with Crippen LogP contribution in [0.25, 0.3) is 10.9 Å². The van der Waals surface area contributed by atoms with E-state index in [2.05, 4.69) is 4.98 Å². The molecule has 0 aliphatic heterocycles. The Morgan fingerprint density at radius 2 is 1.84 bits per heavy atom. The number of benzene rings is 2. The normalized spacial score (nSPS) is 11.7. The van der Waals surface area contributed by atoms with E-state index in [0.717, 1.165) is 11.8 Å². The average molecular weight is 382 g/mol. The van der Waals surface area contributed by atoms with Crippen LogP contribution in [0.3, 0.4) is 0 Å². The monoisotopic (exact) mass is 381 g/mol. The molecule has 0 spiro atoms. The second kappa shape index (κ2) is 7.06. The molecule has 0 N–H and O–H groups in total. The van der Waals surface area contributed by atoms with E-state index in [4.69, 9.17) is 11.6 Å². The maximum atomic E-state index is 12.9. The van der Waals surface area contributed by atoms with E-state index in [1.807, 2.05) is 30.3 Å². The van der Waals surface area contributed by atoms with E-state index in [1.54, 1.807) is 18.2 Å². The van der Waals surface area contributed by atoms with E-state index in [1.165, 1.54) is 11.8 Å². The summed E-state index contributed by atoms with van der Waals surface area (Å²) in [5.41, 5.74) is 0.946. The minimum atomic E-state index is -4.95. The van der Waals surface area contributed by atoms with Crippen molar-refractivity contribution in [2.24, 2.45) is 0 Å². The number of rotatable bonds is 4. The van der Waals surface area contributed by atoms with Gasteiger partial charge in [-0.2, -0.15) is 13.2 Å². The van der Waals surface area contributed by atoms with Crippen LogP contribution < -0.4 is 0 Å². The third kappa shape index (κ3) is 3.96. The van der Waals surface area contributed by atoms with Gasteiger partial charge in [-0.1, -0.05) is 48.0 Å². The number of aromatic nitrogens is 1. The highest BCUT2D eigenvalue weighted by atomic mass is 35.5. The Morgan fingerprint density at radius 1 is 1.12 bits per heavy atom. The molecule has 0 aliphatic rings. The Labute approximate surface area is 151 Å². The number of fused-ring (bicyclic) bond motifs is 1. The molecule has 2 aromatic carbocycles. The van der Waals surface area contributed by atoms with Crippen molar-refractivity contribution in [3.05, 3.63) is 70.9 Å². The zero-order valence-corrected chi connectivity index (χ0v) is 14.3. The number of hydrogen-bond donors (Lipinski definition) is 0. The van der Waals surface area contributed by atoms with Gasteiger partial charge in [0.1, 0.15) is 0 Å². The number of carbonyl (C=O) groups is 1. The summed E-state index contributed by atoms with van der Waals surface area (Å²) in [4.78, 5) is 16.0. The van der Waals surface area contributed by atoms with Crippen molar-refractivity contribution in [2.45, 2.75) is 16.8 Å². The van der Waals surface area contributed by atoms with E-state index >= 15 is 0 Å². The lowest BCUT2D eigenvalue weighted by atomic mass is 10.1. The van der Waals surface area contributed by atoms with Crippen molar-refractivity contribution < 1.29 is 18.0 Å². The summed E-state index contributed by atoms with van der Waals surface area (Å²) < 4.78 is 38.8. The zero-order chi connectivity index (χ0) is 18.0. The van der Waals surface area contributed by atoms with Gasteiger partial charge in [-0.15, -0.1) is 11.8 Å². The largest absolute Gasteiger partial charge is 0.454 e. The maximum absolute atomic E-state index is 12.9. The van der Waals surface area contributed by atoms with Crippen molar-refractivity contribution in [2.75, 3.05) is 0 Å². The molecule has 3 rings (SSSR count). The predicted octanol–water partition coefficient (Wildman–Crippen LogP) is 5.93. The maximum Gasteiger partial charge on any atom is 0.454 e. The molecule has 128 valence electrons. The van der Waals surface area contributed by atoms with E-state index < -0.39 is 17.5 Å². The fraction of sp³-hybridized carbons (Fsp3) is 0.111. The van der Waals surface area contributed by atoms with Crippen LogP contribution in [0, 0.1) is 0 Å². The standard InChI is InChI=1S/C18H11ClF3NOS/c19-12-6-7-13-15(8-12)23-9-14(17(24)18(20,21)22)16(13)25-10-11-4-2-1-3-5-11/h1-9H,10H2. The van der Waals surface area contributed by atoms with Crippen LogP contribution in [0.1, 0.15) is 15.9 Å². The lowest BCUT2D eigenvalue weighted by Crippen LogP contribution is -2.23. The molecule has 0 unspecified atom stereocenters. The summed E-state index contributed by atoms with van der Waals surface area (Å²) in [5, 5.41) is 0.898. The number of carbonyl (C=O) groups excluding carboxylic acids is 1. The molecule has 0 saturated carbocycles. The van der Waals surface area contributed by atoms with Gasteiger partial charge in [-0.3, -0.25) is 9.78 Å². The van der Waals surface area contributed by atoms with Crippen LogP contribution in [0.15, 0.2) is 59.6 Å². The summed E-state index contributed by atoms with van der Waals surface area (Å²) >= 11 is 7.10. The molecule has 0 radical (unpaired) electrons. The van der Waals surface area contributed by atoms with Gasteiger partial charge in [-0.05, 0) is 17.7 Å². The summed E-state index contributed by atoms with van der Waals surface area (Å²) in [5.74, 6) is -1.46. The number of hydrogen-bond acceptors (Lipinski definition) is 3. The first-order chi connectivity index (χ1) is 11.9. The summed E-state index contributed by atoms with van der Waals surface area (Å²) in [6, 6.07) is 14.0. The minimum absolute atomic E-state index is 0.257. The Morgan fingerprint density at radius 3 is 2.52 bits per heavy atom. The molecule has 0 saturated heterocycles. The molecule has 3 aromatic rings. The molecule has 7 heteroatoms. The molecular formula is C18H11ClF3NOS. The summed E-state index contributed by atoms with van der Waals surface area (Å²) in [6.07, 6.45) is -3.98. The second-order valence-electron chi connectivity index (χ2n) is 5.26. The second-order valence-corrected chi connectivity index (χ2v) is 6.69. The first kappa shape index (κ1) is 17.8. The molecule has 0 amide bonds. The molecule has 1 aromatic heterocycles. The number of ketones is 1. The molecule has 25 heavy (non-hydrogen) atoms. The quantitative estimate of drug-likeness (QED) is 0.414. The topological polar surface area (TPSA) is 30.0 Å². The van der Waals surface area contributed by atoms with Crippen LogP contribution in [0.2, 0.25) is 5.02 Å². The van der Waals surface area contributed by atoms with Crippen LogP contribution in [0.4, 0.5) is 13.2 Å². The fourth-order valence-corrected chi connectivity index (χ4v) is 3.64. The van der Waals surface area contributed by atoms with Gasteiger partial charge in [0, 0.05) is 27.3 Å². The Kier molecular flexibility index (Phi) is 5.01. The number of nitrogens with zero attached hydrogens (tertiary/aromatic N) is 1. The van der Waals surface area contributed by atoms with Gasteiger partial charge in [0.15, 0.2) is 0 Å². The smallest absolute Gasteiger partial charge is 0.284 e. The molecule has 1 heterocycles.